The summed E-state index contributed by atoms with van der Waals surface area (Å²) in [5.74, 6) is 0.430. The zero-order valence-corrected chi connectivity index (χ0v) is 14.0. The molecule has 0 atom stereocenters. The smallest absolute Gasteiger partial charge is 0.237 e. The van der Waals surface area contributed by atoms with Crippen LogP contribution in [0.2, 0.25) is 0 Å². The average molecular weight is 327 g/mol. The standard InChI is InChI=1S/C16H17N5OS/c1-9-4-5-12-13(6-9)20-16(19-12)23-8-14(22)21-15-17-10(2)7-11(3)18-15/h4-7H,8H2,1-3H3,(H,19,20)(H,17,18,21,22). The molecule has 7 heteroatoms. The van der Waals surface area contributed by atoms with Gasteiger partial charge in [-0.1, -0.05) is 17.8 Å². The largest absolute Gasteiger partial charge is 0.333 e. The molecule has 0 bridgehead atoms. The molecule has 6 nitrogen and oxygen atoms in total. The fourth-order valence-corrected chi connectivity index (χ4v) is 2.93. The summed E-state index contributed by atoms with van der Waals surface area (Å²) in [5, 5.41) is 3.44. The first-order valence-electron chi connectivity index (χ1n) is 7.21. The maximum atomic E-state index is 12.0. The van der Waals surface area contributed by atoms with Crippen molar-refractivity contribution in [3.05, 3.63) is 41.2 Å². The SMILES string of the molecule is Cc1ccc2nc(SCC(=O)Nc3nc(C)cc(C)n3)[nH]c2c1. The summed E-state index contributed by atoms with van der Waals surface area (Å²) in [6, 6.07) is 7.88. The summed E-state index contributed by atoms with van der Waals surface area (Å²) in [7, 11) is 0. The van der Waals surface area contributed by atoms with Crippen LogP contribution in [0.15, 0.2) is 29.4 Å². The van der Waals surface area contributed by atoms with E-state index < -0.39 is 0 Å². The Bertz CT molecular complexity index is 854. The van der Waals surface area contributed by atoms with Crippen molar-refractivity contribution in [2.24, 2.45) is 0 Å². The van der Waals surface area contributed by atoms with Crippen LogP contribution in [0.1, 0.15) is 17.0 Å². The number of benzene rings is 1. The molecule has 0 unspecified atom stereocenters. The Morgan fingerprint density at radius 2 is 1.87 bits per heavy atom. The molecule has 0 fully saturated rings. The van der Waals surface area contributed by atoms with Crippen LogP contribution in [0.3, 0.4) is 0 Å². The van der Waals surface area contributed by atoms with Gasteiger partial charge in [0.2, 0.25) is 11.9 Å². The molecule has 0 aliphatic carbocycles. The second-order valence-corrected chi connectivity index (χ2v) is 6.34. The number of aromatic amines is 1. The van der Waals surface area contributed by atoms with Crippen LogP contribution in [0.4, 0.5) is 5.95 Å². The van der Waals surface area contributed by atoms with E-state index >= 15 is 0 Å². The molecule has 0 aliphatic heterocycles. The van der Waals surface area contributed by atoms with Crippen LogP contribution in [0.25, 0.3) is 11.0 Å². The van der Waals surface area contributed by atoms with Gasteiger partial charge in [0, 0.05) is 11.4 Å². The van der Waals surface area contributed by atoms with E-state index in [1.807, 2.05) is 45.0 Å². The summed E-state index contributed by atoms with van der Waals surface area (Å²) < 4.78 is 0. The molecule has 2 N–H and O–H groups in total. The highest BCUT2D eigenvalue weighted by atomic mass is 32.2. The normalized spacial score (nSPS) is 10.9. The Morgan fingerprint density at radius 1 is 1.13 bits per heavy atom. The summed E-state index contributed by atoms with van der Waals surface area (Å²) >= 11 is 1.35. The van der Waals surface area contributed by atoms with Gasteiger partial charge in [0.05, 0.1) is 16.8 Å². The molecule has 1 aromatic carbocycles. The first kappa shape index (κ1) is 15.5. The fraction of sp³-hybridized carbons (Fsp3) is 0.250. The number of rotatable bonds is 4. The van der Waals surface area contributed by atoms with Crippen molar-refractivity contribution >= 4 is 34.7 Å². The highest BCUT2D eigenvalue weighted by Gasteiger charge is 2.09. The van der Waals surface area contributed by atoms with Crippen molar-refractivity contribution in [1.29, 1.82) is 0 Å². The first-order chi connectivity index (χ1) is 11.0. The number of aryl methyl sites for hydroxylation is 3. The van der Waals surface area contributed by atoms with Crippen LogP contribution in [-0.4, -0.2) is 31.6 Å². The van der Waals surface area contributed by atoms with E-state index in [0.29, 0.717) is 5.95 Å². The number of imidazole rings is 1. The van der Waals surface area contributed by atoms with Crippen LogP contribution in [0.5, 0.6) is 0 Å². The van der Waals surface area contributed by atoms with Crippen LogP contribution in [0, 0.1) is 20.8 Å². The van der Waals surface area contributed by atoms with Crippen molar-refractivity contribution in [3.8, 4) is 0 Å². The number of nitrogens with one attached hydrogen (secondary N) is 2. The van der Waals surface area contributed by atoms with Gasteiger partial charge in [-0.2, -0.15) is 0 Å². The number of nitrogens with zero attached hydrogens (tertiary/aromatic N) is 3. The Morgan fingerprint density at radius 3 is 2.61 bits per heavy atom. The van der Waals surface area contributed by atoms with E-state index in [0.717, 1.165) is 27.6 Å². The van der Waals surface area contributed by atoms with E-state index in [1.165, 1.54) is 17.3 Å². The van der Waals surface area contributed by atoms with E-state index in [-0.39, 0.29) is 11.7 Å². The molecular weight excluding hydrogens is 310 g/mol. The van der Waals surface area contributed by atoms with Gasteiger partial charge in [0.1, 0.15) is 0 Å². The minimum absolute atomic E-state index is 0.156. The first-order valence-corrected chi connectivity index (χ1v) is 8.19. The van der Waals surface area contributed by atoms with Crippen molar-refractivity contribution in [1.82, 2.24) is 19.9 Å². The third-order valence-corrected chi connectivity index (χ3v) is 4.06. The van der Waals surface area contributed by atoms with Gasteiger partial charge >= 0.3 is 0 Å². The molecule has 0 spiro atoms. The number of thioether (sulfide) groups is 1. The second kappa shape index (κ2) is 6.37. The summed E-state index contributed by atoms with van der Waals surface area (Å²) in [6.45, 7) is 5.77. The lowest BCUT2D eigenvalue weighted by atomic mass is 10.2. The monoisotopic (exact) mass is 327 g/mol. The lowest BCUT2D eigenvalue weighted by molar-refractivity contribution is -0.113. The molecule has 2 aromatic heterocycles. The molecule has 3 rings (SSSR count). The van der Waals surface area contributed by atoms with Gasteiger partial charge < -0.3 is 4.98 Å². The highest BCUT2D eigenvalue weighted by molar-refractivity contribution is 7.99. The van der Waals surface area contributed by atoms with E-state index in [9.17, 15) is 4.79 Å². The highest BCUT2D eigenvalue weighted by Crippen LogP contribution is 2.20. The van der Waals surface area contributed by atoms with E-state index in [4.69, 9.17) is 0 Å². The number of hydrogen-bond donors (Lipinski definition) is 2. The summed E-state index contributed by atoms with van der Waals surface area (Å²) in [5.41, 5.74) is 4.70. The zero-order valence-electron chi connectivity index (χ0n) is 13.2. The van der Waals surface area contributed by atoms with Gasteiger partial charge in [0.25, 0.3) is 0 Å². The number of carbonyl (C=O) groups excluding carboxylic acids is 1. The third-order valence-electron chi connectivity index (χ3n) is 3.19. The predicted molar refractivity (Wildman–Crippen MR) is 91.7 cm³/mol. The van der Waals surface area contributed by atoms with Crippen molar-refractivity contribution in [2.75, 3.05) is 11.1 Å². The van der Waals surface area contributed by atoms with Gasteiger partial charge in [-0.15, -0.1) is 0 Å². The Labute approximate surface area is 138 Å². The summed E-state index contributed by atoms with van der Waals surface area (Å²) in [6.07, 6.45) is 0. The number of H-pyrrole nitrogens is 1. The molecule has 2 heterocycles. The Balaban J connectivity index is 1.63. The van der Waals surface area contributed by atoms with Crippen molar-refractivity contribution < 1.29 is 4.79 Å². The lowest BCUT2D eigenvalue weighted by Gasteiger charge is -2.04. The van der Waals surface area contributed by atoms with E-state index in [2.05, 4.69) is 25.3 Å². The van der Waals surface area contributed by atoms with Crippen LogP contribution in [-0.2, 0) is 4.79 Å². The molecule has 1 amide bonds. The quantitative estimate of drug-likeness (QED) is 0.720. The topological polar surface area (TPSA) is 83.6 Å². The number of aromatic nitrogens is 4. The second-order valence-electron chi connectivity index (χ2n) is 5.37. The van der Waals surface area contributed by atoms with Gasteiger partial charge in [-0.05, 0) is 44.5 Å². The molecular formula is C16H17N5OS. The number of anilines is 1. The molecule has 0 saturated carbocycles. The lowest BCUT2D eigenvalue weighted by Crippen LogP contribution is -2.16. The zero-order chi connectivity index (χ0) is 16.4. The number of hydrogen-bond acceptors (Lipinski definition) is 5. The van der Waals surface area contributed by atoms with Gasteiger partial charge in [-0.25, -0.2) is 15.0 Å². The third kappa shape index (κ3) is 3.87. The summed E-state index contributed by atoms with van der Waals surface area (Å²) in [4.78, 5) is 28.1. The van der Waals surface area contributed by atoms with Gasteiger partial charge in [0.15, 0.2) is 5.16 Å². The Hall–Kier alpha value is -2.41. The van der Waals surface area contributed by atoms with E-state index in [1.54, 1.807) is 0 Å². The molecule has 0 aliphatic rings. The molecule has 23 heavy (non-hydrogen) atoms. The molecule has 0 radical (unpaired) electrons. The maximum Gasteiger partial charge on any atom is 0.237 e. The maximum absolute atomic E-state index is 12.0. The Kier molecular flexibility index (Phi) is 4.29. The van der Waals surface area contributed by atoms with Crippen LogP contribution >= 0.6 is 11.8 Å². The van der Waals surface area contributed by atoms with Gasteiger partial charge in [-0.3, -0.25) is 10.1 Å². The van der Waals surface area contributed by atoms with Crippen molar-refractivity contribution in [3.63, 3.8) is 0 Å². The average Bonchev–Trinajstić information content (AvgIpc) is 2.86. The number of amides is 1. The molecule has 0 saturated heterocycles. The number of fused-ring (bicyclic) bond motifs is 1. The minimum Gasteiger partial charge on any atom is -0.333 e. The number of carbonyl (C=O) groups is 1. The molecule has 3 aromatic rings. The minimum atomic E-state index is -0.156. The fourth-order valence-electron chi connectivity index (χ4n) is 2.24. The van der Waals surface area contributed by atoms with Crippen molar-refractivity contribution in [2.45, 2.75) is 25.9 Å². The molecule has 118 valence electrons. The predicted octanol–water partition coefficient (Wildman–Crippen LogP) is 3.01. The van der Waals surface area contributed by atoms with Crippen LogP contribution < -0.4 is 5.32 Å².